The topological polar surface area (TPSA) is 59.3 Å². The predicted octanol–water partition coefficient (Wildman–Crippen LogP) is 1.75. The molecule has 2 heterocycles. The Labute approximate surface area is 112 Å². The van der Waals surface area contributed by atoms with Crippen molar-refractivity contribution < 1.29 is 4.79 Å². The average molecular weight is 258 g/mol. The molecule has 19 heavy (non-hydrogen) atoms. The van der Waals surface area contributed by atoms with Crippen molar-refractivity contribution in [1.82, 2.24) is 19.9 Å². The van der Waals surface area contributed by atoms with Gasteiger partial charge >= 0.3 is 0 Å². The molecular formula is C14H18N4O. The van der Waals surface area contributed by atoms with E-state index in [1.165, 1.54) is 24.1 Å². The Hall–Kier alpha value is -1.91. The molecule has 0 fully saturated rings. The third-order valence-corrected chi connectivity index (χ3v) is 3.49. The highest BCUT2D eigenvalue weighted by Crippen LogP contribution is 2.22. The molecule has 5 heteroatoms. The van der Waals surface area contributed by atoms with Crippen LogP contribution in [0.25, 0.3) is 5.65 Å². The lowest BCUT2D eigenvalue weighted by molar-refractivity contribution is 0.0944. The lowest BCUT2D eigenvalue weighted by atomic mass is 9.97. The van der Waals surface area contributed by atoms with E-state index in [0.29, 0.717) is 11.2 Å². The number of carbonyl (C=O) groups is 1. The average Bonchev–Trinajstić information content (AvgIpc) is 2.82. The lowest BCUT2D eigenvalue weighted by Gasteiger charge is -2.15. The van der Waals surface area contributed by atoms with Gasteiger partial charge in [0, 0.05) is 17.9 Å². The highest BCUT2D eigenvalue weighted by Gasteiger charge is 2.19. The molecule has 0 aliphatic heterocycles. The fourth-order valence-corrected chi connectivity index (χ4v) is 2.60. The van der Waals surface area contributed by atoms with Crippen molar-refractivity contribution >= 4 is 11.6 Å². The number of aromatic nitrogens is 3. The molecule has 5 nitrogen and oxygen atoms in total. The Kier molecular flexibility index (Phi) is 2.97. The molecule has 0 unspecified atom stereocenters. The first-order chi connectivity index (χ1) is 9.16. The fourth-order valence-electron chi connectivity index (χ4n) is 2.60. The van der Waals surface area contributed by atoms with Crippen molar-refractivity contribution in [3.8, 4) is 0 Å². The molecule has 1 aliphatic carbocycles. The molecule has 0 spiro atoms. The van der Waals surface area contributed by atoms with Crippen LogP contribution in [0.5, 0.6) is 0 Å². The van der Waals surface area contributed by atoms with E-state index in [2.05, 4.69) is 15.4 Å². The van der Waals surface area contributed by atoms with Crippen molar-refractivity contribution in [2.75, 3.05) is 0 Å². The standard InChI is InChI=1S/C14H18N4O/c1-9(2)17-14(19)11-8-16-18-12-6-4-3-5-10(12)7-15-13(11)18/h7-9H,3-6H2,1-2H3,(H,17,19). The van der Waals surface area contributed by atoms with Crippen LogP contribution in [0.15, 0.2) is 12.4 Å². The summed E-state index contributed by atoms with van der Waals surface area (Å²) >= 11 is 0. The monoisotopic (exact) mass is 258 g/mol. The smallest absolute Gasteiger partial charge is 0.256 e. The van der Waals surface area contributed by atoms with Crippen LogP contribution in [-0.2, 0) is 12.8 Å². The summed E-state index contributed by atoms with van der Waals surface area (Å²) in [5.41, 5.74) is 3.69. The van der Waals surface area contributed by atoms with E-state index in [9.17, 15) is 4.79 Å². The van der Waals surface area contributed by atoms with Gasteiger partial charge in [-0.1, -0.05) is 0 Å². The highest BCUT2D eigenvalue weighted by atomic mass is 16.1. The summed E-state index contributed by atoms with van der Waals surface area (Å²) in [5.74, 6) is -0.103. The first-order valence-electron chi connectivity index (χ1n) is 6.82. The van der Waals surface area contributed by atoms with Gasteiger partial charge in [0.25, 0.3) is 5.91 Å². The molecule has 3 rings (SSSR count). The molecule has 0 radical (unpaired) electrons. The van der Waals surface area contributed by atoms with E-state index in [1.807, 2.05) is 24.6 Å². The zero-order valence-corrected chi connectivity index (χ0v) is 11.3. The summed E-state index contributed by atoms with van der Waals surface area (Å²) in [6.45, 7) is 3.89. The largest absolute Gasteiger partial charge is 0.350 e. The normalized spacial score (nSPS) is 14.7. The number of nitrogens with one attached hydrogen (secondary N) is 1. The molecule has 0 saturated heterocycles. The molecule has 0 aromatic carbocycles. The quantitative estimate of drug-likeness (QED) is 0.892. The first-order valence-corrected chi connectivity index (χ1v) is 6.82. The molecular weight excluding hydrogens is 240 g/mol. The number of nitrogens with zero attached hydrogens (tertiary/aromatic N) is 3. The van der Waals surface area contributed by atoms with Crippen LogP contribution in [0.2, 0.25) is 0 Å². The van der Waals surface area contributed by atoms with Crippen molar-refractivity contribution in [2.24, 2.45) is 0 Å². The van der Waals surface area contributed by atoms with E-state index in [4.69, 9.17) is 0 Å². The molecule has 2 aromatic rings. The van der Waals surface area contributed by atoms with E-state index in [0.717, 1.165) is 12.8 Å². The maximum absolute atomic E-state index is 12.1. The van der Waals surface area contributed by atoms with Crippen molar-refractivity contribution in [2.45, 2.75) is 45.6 Å². The number of carbonyl (C=O) groups excluding carboxylic acids is 1. The minimum Gasteiger partial charge on any atom is -0.350 e. The first kappa shape index (κ1) is 12.1. The Morgan fingerprint density at radius 1 is 1.32 bits per heavy atom. The van der Waals surface area contributed by atoms with Crippen molar-refractivity contribution in [3.63, 3.8) is 0 Å². The fraction of sp³-hybridized carbons (Fsp3) is 0.500. The Morgan fingerprint density at radius 3 is 2.89 bits per heavy atom. The van der Waals surface area contributed by atoms with Gasteiger partial charge in [-0.3, -0.25) is 4.79 Å². The van der Waals surface area contributed by atoms with Gasteiger partial charge in [-0.2, -0.15) is 5.10 Å². The van der Waals surface area contributed by atoms with Crippen molar-refractivity contribution in [3.05, 3.63) is 29.2 Å². The van der Waals surface area contributed by atoms with E-state index >= 15 is 0 Å². The van der Waals surface area contributed by atoms with Crippen LogP contribution in [0.3, 0.4) is 0 Å². The van der Waals surface area contributed by atoms with Gasteiger partial charge in [0.15, 0.2) is 5.65 Å². The second kappa shape index (κ2) is 4.64. The summed E-state index contributed by atoms with van der Waals surface area (Å²) in [7, 11) is 0. The van der Waals surface area contributed by atoms with Crippen LogP contribution in [0, 0.1) is 0 Å². The van der Waals surface area contributed by atoms with Gasteiger partial charge in [-0.15, -0.1) is 0 Å². The number of rotatable bonds is 2. The SMILES string of the molecule is CC(C)NC(=O)c1cnn2c3c(cnc12)CCCC3. The molecule has 0 atom stereocenters. The lowest BCUT2D eigenvalue weighted by Crippen LogP contribution is -2.30. The summed E-state index contributed by atoms with van der Waals surface area (Å²) in [4.78, 5) is 16.5. The summed E-state index contributed by atoms with van der Waals surface area (Å²) in [6, 6.07) is 0.111. The summed E-state index contributed by atoms with van der Waals surface area (Å²) in [5, 5.41) is 7.24. The number of fused-ring (bicyclic) bond motifs is 3. The third kappa shape index (κ3) is 2.09. The van der Waals surface area contributed by atoms with Crippen LogP contribution < -0.4 is 5.32 Å². The third-order valence-electron chi connectivity index (χ3n) is 3.49. The van der Waals surface area contributed by atoms with Gasteiger partial charge < -0.3 is 5.32 Å². The summed E-state index contributed by atoms with van der Waals surface area (Å²) in [6.07, 6.45) is 7.99. The van der Waals surface area contributed by atoms with Crippen LogP contribution >= 0.6 is 0 Å². The van der Waals surface area contributed by atoms with Crippen LogP contribution in [0.1, 0.15) is 48.3 Å². The molecule has 100 valence electrons. The second-order valence-corrected chi connectivity index (χ2v) is 5.36. The Balaban J connectivity index is 2.07. The molecule has 1 amide bonds. The Bertz CT molecular complexity index is 630. The molecule has 2 aromatic heterocycles. The van der Waals surface area contributed by atoms with Gasteiger partial charge in [0.05, 0.1) is 6.20 Å². The number of hydrogen-bond donors (Lipinski definition) is 1. The van der Waals surface area contributed by atoms with Gasteiger partial charge in [0.1, 0.15) is 5.56 Å². The van der Waals surface area contributed by atoms with Gasteiger partial charge in [0.2, 0.25) is 0 Å². The minimum absolute atomic E-state index is 0.103. The van der Waals surface area contributed by atoms with Crippen LogP contribution in [0.4, 0.5) is 0 Å². The zero-order chi connectivity index (χ0) is 13.4. The number of amides is 1. The second-order valence-electron chi connectivity index (χ2n) is 5.36. The van der Waals surface area contributed by atoms with Crippen molar-refractivity contribution in [1.29, 1.82) is 0 Å². The zero-order valence-electron chi connectivity index (χ0n) is 11.3. The Morgan fingerprint density at radius 2 is 2.11 bits per heavy atom. The van der Waals surface area contributed by atoms with E-state index < -0.39 is 0 Å². The maximum atomic E-state index is 12.1. The molecule has 1 aliphatic rings. The maximum Gasteiger partial charge on any atom is 0.256 e. The van der Waals surface area contributed by atoms with E-state index in [-0.39, 0.29) is 11.9 Å². The summed E-state index contributed by atoms with van der Waals surface area (Å²) < 4.78 is 1.84. The van der Waals surface area contributed by atoms with E-state index in [1.54, 1.807) is 6.20 Å². The van der Waals surface area contributed by atoms with Gasteiger partial charge in [-0.25, -0.2) is 9.50 Å². The number of aryl methyl sites for hydroxylation is 2. The minimum atomic E-state index is -0.103. The predicted molar refractivity (Wildman–Crippen MR) is 72.2 cm³/mol. The number of hydrogen-bond acceptors (Lipinski definition) is 3. The van der Waals surface area contributed by atoms with Gasteiger partial charge in [-0.05, 0) is 45.1 Å². The highest BCUT2D eigenvalue weighted by molar-refractivity contribution is 5.99. The molecule has 0 bridgehead atoms. The van der Waals surface area contributed by atoms with Crippen LogP contribution in [-0.4, -0.2) is 26.5 Å². The molecule has 0 saturated carbocycles. The molecule has 1 N–H and O–H groups in total.